The van der Waals surface area contributed by atoms with Crippen LogP contribution in [0.4, 0.5) is 8.78 Å². The van der Waals surface area contributed by atoms with Crippen molar-refractivity contribution in [2.45, 2.75) is 18.8 Å². The Morgan fingerprint density at radius 2 is 1.81 bits per heavy atom. The summed E-state index contributed by atoms with van der Waals surface area (Å²) in [7, 11) is 0. The molecule has 16 heavy (non-hydrogen) atoms. The van der Waals surface area contributed by atoms with Crippen LogP contribution in [-0.4, -0.2) is 29.8 Å². The van der Waals surface area contributed by atoms with Gasteiger partial charge in [-0.15, -0.1) is 0 Å². The second-order valence-corrected chi connectivity index (χ2v) is 3.94. The van der Waals surface area contributed by atoms with E-state index in [0.717, 1.165) is 0 Å². The van der Waals surface area contributed by atoms with Gasteiger partial charge in [0.1, 0.15) is 0 Å². The van der Waals surface area contributed by atoms with Crippen molar-refractivity contribution in [3.8, 4) is 0 Å². The van der Waals surface area contributed by atoms with Gasteiger partial charge < -0.3 is 4.90 Å². The van der Waals surface area contributed by atoms with Gasteiger partial charge in [0.25, 0.3) is 11.8 Å². The van der Waals surface area contributed by atoms with E-state index in [-0.39, 0.29) is 31.8 Å². The molecule has 1 radical (unpaired) electrons. The van der Waals surface area contributed by atoms with Crippen molar-refractivity contribution in [1.82, 2.24) is 4.90 Å². The molecule has 85 valence electrons. The van der Waals surface area contributed by atoms with Crippen LogP contribution in [0.2, 0.25) is 0 Å². The fraction of sp³-hybridized carbons (Fsp3) is 0.417. The summed E-state index contributed by atoms with van der Waals surface area (Å²) in [5, 5.41) is 0. The van der Waals surface area contributed by atoms with Crippen LogP contribution in [0.15, 0.2) is 24.3 Å². The van der Waals surface area contributed by atoms with Gasteiger partial charge in [0.05, 0.1) is 0 Å². The number of piperidine rings is 1. The average molecular weight is 224 g/mol. The summed E-state index contributed by atoms with van der Waals surface area (Å²) < 4.78 is 25.8. The zero-order chi connectivity index (χ0) is 11.6. The van der Waals surface area contributed by atoms with E-state index < -0.39 is 5.92 Å². The number of likely N-dealkylation sites (tertiary alicyclic amines) is 1. The molecule has 1 amide bonds. The Morgan fingerprint density at radius 3 is 2.38 bits per heavy atom. The van der Waals surface area contributed by atoms with E-state index in [4.69, 9.17) is 0 Å². The van der Waals surface area contributed by atoms with Gasteiger partial charge in [0.15, 0.2) is 0 Å². The van der Waals surface area contributed by atoms with Crippen molar-refractivity contribution in [3.05, 3.63) is 35.9 Å². The zero-order valence-corrected chi connectivity index (χ0v) is 8.75. The number of hydrogen-bond acceptors (Lipinski definition) is 1. The molecular formula is C12H12F2NO. The monoisotopic (exact) mass is 224 g/mol. The van der Waals surface area contributed by atoms with Crippen LogP contribution in [-0.2, 0) is 0 Å². The Kier molecular flexibility index (Phi) is 2.90. The number of carbonyl (C=O) groups excluding carboxylic acids is 1. The summed E-state index contributed by atoms with van der Waals surface area (Å²) in [5.41, 5.74) is 0.531. The number of alkyl halides is 2. The third-order valence-electron chi connectivity index (χ3n) is 2.75. The number of carbonyl (C=O) groups is 1. The average Bonchev–Trinajstić information content (AvgIpc) is 2.29. The Bertz CT molecular complexity index is 368. The van der Waals surface area contributed by atoms with Gasteiger partial charge in [0, 0.05) is 31.5 Å². The van der Waals surface area contributed by atoms with Gasteiger partial charge in [-0.3, -0.25) is 4.79 Å². The minimum absolute atomic E-state index is 0.129. The highest BCUT2D eigenvalue weighted by Crippen LogP contribution is 2.28. The normalized spacial score (nSPS) is 19.5. The van der Waals surface area contributed by atoms with Crippen molar-refractivity contribution in [2.75, 3.05) is 13.1 Å². The molecule has 1 fully saturated rings. The van der Waals surface area contributed by atoms with Crippen LogP contribution in [0.5, 0.6) is 0 Å². The summed E-state index contributed by atoms with van der Waals surface area (Å²) in [6, 6.07) is 9.40. The Morgan fingerprint density at radius 1 is 1.25 bits per heavy atom. The van der Waals surface area contributed by atoms with Crippen molar-refractivity contribution < 1.29 is 13.6 Å². The van der Waals surface area contributed by atoms with Gasteiger partial charge >= 0.3 is 0 Å². The predicted molar refractivity (Wildman–Crippen MR) is 55.4 cm³/mol. The molecule has 1 aliphatic rings. The summed E-state index contributed by atoms with van der Waals surface area (Å²) >= 11 is 0. The first-order valence-electron chi connectivity index (χ1n) is 5.22. The highest BCUT2D eigenvalue weighted by molar-refractivity contribution is 5.94. The van der Waals surface area contributed by atoms with Gasteiger partial charge in [-0.2, -0.15) is 0 Å². The van der Waals surface area contributed by atoms with Gasteiger partial charge in [-0.25, -0.2) is 8.78 Å². The van der Waals surface area contributed by atoms with Crippen molar-refractivity contribution in [2.24, 2.45) is 0 Å². The maximum absolute atomic E-state index is 12.9. The van der Waals surface area contributed by atoms with Crippen LogP contribution in [0.3, 0.4) is 0 Å². The lowest BCUT2D eigenvalue weighted by atomic mass is 10.1. The summed E-state index contributed by atoms with van der Waals surface area (Å²) in [6.45, 7) is 0.259. The molecule has 0 aliphatic carbocycles. The number of rotatable bonds is 1. The maximum Gasteiger partial charge on any atom is 0.253 e. The van der Waals surface area contributed by atoms with Gasteiger partial charge in [-0.05, 0) is 18.2 Å². The lowest BCUT2D eigenvalue weighted by Crippen LogP contribution is -2.42. The molecule has 1 aromatic rings. The molecular weight excluding hydrogens is 212 g/mol. The van der Waals surface area contributed by atoms with E-state index in [9.17, 15) is 13.6 Å². The van der Waals surface area contributed by atoms with E-state index in [1.165, 1.54) is 4.90 Å². The fourth-order valence-electron chi connectivity index (χ4n) is 1.75. The molecule has 0 unspecified atom stereocenters. The Labute approximate surface area is 92.9 Å². The lowest BCUT2D eigenvalue weighted by Gasteiger charge is -2.31. The number of hydrogen-bond donors (Lipinski definition) is 0. The van der Waals surface area contributed by atoms with Crippen molar-refractivity contribution in [1.29, 1.82) is 0 Å². The summed E-state index contributed by atoms with van der Waals surface area (Å²) in [5.74, 6) is -2.79. The van der Waals surface area contributed by atoms with E-state index in [2.05, 4.69) is 6.07 Å². The third kappa shape index (κ3) is 2.38. The van der Waals surface area contributed by atoms with Crippen LogP contribution in [0.25, 0.3) is 0 Å². The second-order valence-electron chi connectivity index (χ2n) is 3.94. The number of nitrogens with zero attached hydrogens (tertiary/aromatic N) is 1. The predicted octanol–water partition coefficient (Wildman–Crippen LogP) is 2.36. The molecule has 0 bridgehead atoms. The standard InChI is InChI=1S/C12H12F2NO/c13-12(14)6-8-15(9-7-12)11(16)10-4-2-1-3-5-10/h2-5H,6-9H2. The van der Waals surface area contributed by atoms with E-state index in [1.54, 1.807) is 24.3 Å². The smallest absolute Gasteiger partial charge is 0.253 e. The molecule has 1 saturated heterocycles. The third-order valence-corrected chi connectivity index (χ3v) is 2.75. The van der Waals surface area contributed by atoms with Crippen molar-refractivity contribution >= 4 is 5.91 Å². The van der Waals surface area contributed by atoms with E-state index in [0.29, 0.717) is 5.56 Å². The molecule has 1 heterocycles. The molecule has 2 rings (SSSR count). The molecule has 0 aromatic heterocycles. The number of amides is 1. The molecule has 1 aliphatic heterocycles. The van der Waals surface area contributed by atoms with Crippen LogP contribution >= 0.6 is 0 Å². The molecule has 1 aromatic carbocycles. The second kappa shape index (κ2) is 4.20. The first kappa shape index (κ1) is 11.0. The number of benzene rings is 1. The quantitative estimate of drug-likeness (QED) is 0.717. The molecule has 0 N–H and O–H groups in total. The summed E-state index contributed by atoms with van der Waals surface area (Å²) in [6.07, 6.45) is -0.477. The van der Waals surface area contributed by atoms with Gasteiger partial charge in [-0.1, -0.05) is 12.1 Å². The largest absolute Gasteiger partial charge is 0.338 e. The Hall–Kier alpha value is -1.45. The maximum atomic E-state index is 12.9. The molecule has 2 nitrogen and oxygen atoms in total. The minimum Gasteiger partial charge on any atom is -0.338 e. The highest BCUT2D eigenvalue weighted by atomic mass is 19.3. The first-order chi connectivity index (χ1) is 7.58. The first-order valence-corrected chi connectivity index (χ1v) is 5.22. The van der Waals surface area contributed by atoms with E-state index >= 15 is 0 Å². The Balaban J connectivity index is 2.03. The topological polar surface area (TPSA) is 20.3 Å². The van der Waals surface area contributed by atoms with Crippen LogP contribution in [0, 0.1) is 6.07 Å². The highest BCUT2D eigenvalue weighted by Gasteiger charge is 2.35. The fourth-order valence-corrected chi connectivity index (χ4v) is 1.75. The molecule has 0 atom stereocenters. The van der Waals surface area contributed by atoms with Crippen LogP contribution < -0.4 is 0 Å². The van der Waals surface area contributed by atoms with Crippen molar-refractivity contribution in [3.63, 3.8) is 0 Å². The number of halogens is 2. The molecule has 4 heteroatoms. The van der Waals surface area contributed by atoms with Crippen LogP contribution in [0.1, 0.15) is 23.2 Å². The van der Waals surface area contributed by atoms with Gasteiger partial charge in [0.2, 0.25) is 0 Å². The zero-order valence-electron chi connectivity index (χ0n) is 8.75. The molecule has 0 spiro atoms. The summed E-state index contributed by atoms with van der Waals surface area (Å²) in [4.78, 5) is 13.4. The minimum atomic E-state index is -2.61. The van der Waals surface area contributed by atoms with E-state index in [1.807, 2.05) is 0 Å². The molecule has 0 saturated carbocycles. The lowest BCUT2D eigenvalue weighted by molar-refractivity contribution is -0.0494. The SMILES string of the molecule is O=C(c1cc[c]cc1)N1CCC(F)(F)CC1.